The predicted molar refractivity (Wildman–Crippen MR) is 88.8 cm³/mol. The molecule has 1 aliphatic rings. The van der Waals surface area contributed by atoms with E-state index in [4.69, 9.17) is 0 Å². The molecule has 2 N–H and O–H groups in total. The Bertz CT molecular complexity index is 405. The zero-order chi connectivity index (χ0) is 14.2. The topological polar surface area (TPSA) is 49.8 Å². The SMILES string of the molecule is CCCNc1ncnc(NC2CCSCC2)c1CCC. The van der Waals surface area contributed by atoms with Gasteiger partial charge in [0.25, 0.3) is 0 Å². The third-order valence-corrected chi connectivity index (χ3v) is 4.60. The van der Waals surface area contributed by atoms with Crippen molar-refractivity contribution in [2.45, 2.75) is 52.0 Å². The van der Waals surface area contributed by atoms with Crippen molar-refractivity contribution in [3.05, 3.63) is 11.9 Å². The Morgan fingerprint density at radius 3 is 2.60 bits per heavy atom. The van der Waals surface area contributed by atoms with Crippen LogP contribution >= 0.6 is 11.8 Å². The minimum absolute atomic E-state index is 0.570. The van der Waals surface area contributed by atoms with E-state index in [2.05, 4.69) is 46.2 Å². The van der Waals surface area contributed by atoms with Crippen molar-refractivity contribution in [3.63, 3.8) is 0 Å². The highest BCUT2D eigenvalue weighted by atomic mass is 32.2. The van der Waals surface area contributed by atoms with Crippen molar-refractivity contribution in [2.75, 3.05) is 28.7 Å². The van der Waals surface area contributed by atoms with Gasteiger partial charge in [0, 0.05) is 18.2 Å². The van der Waals surface area contributed by atoms with E-state index in [1.54, 1.807) is 6.33 Å². The zero-order valence-electron chi connectivity index (χ0n) is 12.6. The van der Waals surface area contributed by atoms with Crippen LogP contribution in [0, 0.1) is 0 Å². The Balaban J connectivity index is 2.12. The average Bonchev–Trinajstić information content (AvgIpc) is 2.49. The maximum atomic E-state index is 4.49. The lowest BCUT2D eigenvalue weighted by Crippen LogP contribution is -2.26. The summed E-state index contributed by atoms with van der Waals surface area (Å²) in [4.78, 5) is 8.91. The largest absolute Gasteiger partial charge is 0.370 e. The molecule has 2 heterocycles. The molecule has 0 atom stereocenters. The maximum absolute atomic E-state index is 4.49. The van der Waals surface area contributed by atoms with Gasteiger partial charge in [-0.15, -0.1) is 0 Å². The summed E-state index contributed by atoms with van der Waals surface area (Å²) in [6.45, 7) is 5.34. The minimum Gasteiger partial charge on any atom is -0.370 e. The number of nitrogens with one attached hydrogen (secondary N) is 2. The molecule has 5 heteroatoms. The van der Waals surface area contributed by atoms with Crippen LogP contribution in [-0.2, 0) is 6.42 Å². The molecule has 0 aliphatic carbocycles. The standard InChI is InChI=1S/C15H26N4S/c1-3-5-13-14(16-8-4-2)17-11-18-15(13)19-12-6-9-20-10-7-12/h11-12H,3-10H2,1-2H3,(H2,16,17,18,19). The van der Waals surface area contributed by atoms with Gasteiger partial charge in [-0.3, -0.25) is 0 Å². The molecule has 1 aromatic rings. The molecule has 20 heavy (non-hydrogen) atoms. The van der Waals surface area contributed by atoms with E-state index in [0.29, 0.717) is 6.04 Å². The third-order valence-electron chi connectivity index (χ3n) is 3.55. The molecule has 0 saturated carbocycles. The first-order valence-electron chi connectivity index (χ1n) is 7.77. The Labute approximate surface area is 126 Å². The molecule has 0 bridgehead atoms. The van der Waals surface area contributed by atoms with Crippen LogP contribution in [0.25, 0.3) is 0 Å². The molecule has 0 amide bonds. The molecule has 1 saturated heterocycles. The van der Waals surface area contributed by atoms with Crippen LogP contribution in [0.4, 0.5) is 11.6 Å². The summed E-state index contributed by atoms with van der Waals surface area (Å²) in [5.41, 5.74) is 1.25. The fourth-order valence-electron chi connectivity index (χ4n) is 2.45. The van der Waals surface area contributed by atoms with Gasteiger partial charge in [-0.2, -0.15) is 11.8 Å². The van der Waals surface area contributed by atoms with E-state index in [1.165, 1.54) is 29.9 Å². The molecular weight excluding hydrogens is 268 g/mol. The zero-order valence-corrected chi connectivity index (χ0v) is 13.4. The molecule has 4 nitrogen and oxygen atoms in total. The van der Waals surface area contributed by atoms with E-state index < -0.39 is 0 Å². The Hall–Kier alpha value is -0.970. The van der Waals surface area contributed by atoms with Crippen molar-refractivity contribution in [2.24, 2.45) is 0 Å². The number of hydrogen-bond acceptors (Lipinski definition) is 5. The van der Waals surface area contributed by atoms with Crippen LogP contribution in [0.15, 0.2) is 6.33 Å². The summed E-state index contributed by atoms with van der Waals surface area (Å²) in [7, 11) is 0. The number of rotatable bonds is 7. The fraction of sp³-hybridized carbons (Fsp3) is 0.733. The highest BCUT2D eigenvalue weighted by Gasteiger charge is 2.17. The molecule has 0 radical (unpaired) electrons. The van der Waals surface area contributed by atoms with Crippen LogP contribution < -0.4 is 10.6 Å². The summed E-state index contributed by atoms with van der Waals surface area (Å²) in [6.07, 6.45) is 7.39. The minimum atomic E-state index is 0.570. The van der Waals surface area contributed by atoms with Gasteiger partial charge >= 0.3 is 0 Å². The summed E-state index contributed by atoms with van der Waals surface area (Å²) >= 11 is 2.05. The molecule has 112 valence electrons. The van der Waals surface area contributed by atoms with Crippen molar-refractivity contribution in [3.8, 4) is 0 Å². The van der Waals surface area contributed by atoms with Crippen LogP contribution in [0.2, 0.25) is 0 Å². The fourth-order valence-corrected chi connectivity index (χ4v) is 3.56. The molecule has 0 spiro atoms. The molecule has 0 unspecified atom stereocenters. The van der Waals surface area contributed by atoms with Gasteiger partial charge in [-0.25, -0.2) is 9.97 Å². The normalized spacial score (nSPS) is 16.1. The highest BCUT2D eigenvalue weighted by Crippen LogP contribution is 2.25. The Morgan fingerprint density at radius 2 is 1.90 bits per heavy atom. The Morgan fingerprint density at radius 1 is 1.15 bits per heavy atom. The molecule has 1 aromatic heterocycles. The quantitative estimate of drug-likeness (QED) is 0.805. The second-order valence-electron chi connectivity index (χ2n) is 5.26. The van der Waals surface area contributed by atoms with Gasteiger partial charge in [0.1, 0.15) is 18.0 Å². The van der Waals surface area contributed by atoms with Crippen molar-refractivity contribution >= 4 is 23.4 Å². The average molecular weight is 294 g/mol. The van der Waals surface area contributed by atoms with Gasteiger partial charge in [0.15, 0.2) is 0 Å². The predicted octanol–water partition coefficient (Wildman–Crippen LogP) is 3.56. The van der Waals surface area contributed by atoms with Gasteiger partial charge in [0.2, 0.25) is 0 Å². The van der Waals surface area contributed by atoms with Gasteiger partial charge in [-0.05, 0) is 37.2 Å². The van der Waals surface area contributed by atoms with Crippen molar-refractivity contribution in [1.82, 2.24) is 9.97 Å². The van der Waals surface area contributed by atoms with Crippen molar-refractivity contribution in [1.29, 1.82) is 0 Å². The lowest BCUT2D eigenvalue weighted by atomic mass is 10.1. The smallest absolute Gasteiger partial charge is 0.134 e. The molecule has 0 aromatic carbocycles. The molecule has 2 rings (SSSR count). The number of aromatic nitrogens is 2. The number of thioether (sulfide) groups is 1. The van der Waals surface area contributed by atoms with Crippen LogP contribution in [-0.4, -0.2) is 34.1 Å². The first kappa shape index (κ1) is 15.4. The third kappa shape index (κ3) is 4.27. The summed E-state index contributed by atoms with van der Waals surface area (Å²) in [5, 5.41) is 7.08. The van der Waals surface area contributed by atoms with Gasteiger partial charge < -0.3 is 10.6 Å². The monoisotopic (exact) mass is 294 g/mol. The molecule has 1 aliphatic heterocycles. The molecule has 1 fully saturated rings. The van der Waals surface area contributed by atoms with Gasteiger partial charge in [-0.1, -0.05) is 20.3 Å². The van der Waals surface area contributed by atoms with Crippen LogP contribution in [0.3, 0.4) is 0 Å². The summed E-state index contributed by atoms with van der Waals surface area (Å²) < 4.78 is 0. The summed E-state index contributed by atoms with van der Waals surface area (Å²) in [6, 6.07) is 0.570. The summed E-state index contributed by atoms with van der Waals surface area (Å²) in [5.74, 6) is 4.56. The van der Waals surface area contributed by atoms with E-state index >= 15 is 0 Å². The van der Waals surface area contributed by atoms with Crippen molar-refractivity contribution < 1.29 is 0 Å². The number of hydrogen-bond donors (Lipinski definition) is 2. The first-order chi connectivity index (χ1) is 9.85. The van der Waals surface area contributed by atoms with Gasteiger partial charge in [0.05, 0.1) is 0 Å². The highest BCUT2D eigenvalue weighted by molar-refractivity contribution is 7.99. The number of anilines is 2. The van der Waals surface area contributed by atoms with E-state index in [0.717, 1.165) is 37.4 Å². The Kier molecular flexibility index (Phi) is 6.43. The van der Waals surface area contributed by atoms with Crippen LogP contribution in [0.5, 0.6) is 0 Å². The van der Waals surface area contributed by atoms with E-state index in [-0.39, 0.29) is 0 Å². The second kappa shape index (κ2) is 8.35. The lowest BCUT2D eigenvalue weighted by Gasteiger charge is -2.24. The van der Waals surface area contributed by atoms with E-state index in [1.807, 2.05) is 0 Å². The molecular formula is C15H26N4S. The lowest BCUT2D eigenvalue weighted by molar-refractivity contribution is 0.661. The second-order valence-corrected chi connectivity index (χ2v) is 6.48. The first-order valence-corrected chi connectivity index (χ1v) is 8.92. The van der Waals surface area contributed by atoms with E-state index in [9.17, 15) is 0 Å². The maximum Gasteiger partial charge on any atom is 0.134 e. The van der Waals surface area contributed by atoms with Crippen LogP contribution in [0.1, 0.15) is 45.1 Å². The number of nitrogens with zero attached hydrogens (tertiary/aromatic N) is 2.